The molecule has 0 saturated heterocycles. The monoisotopic (exact) mass is 451 g/mol. The second kappa shape index (κ2) is 9.68. The molecule has 1 aromatic carbocycles. The lowest BCUT2D eigenvalue weighted by molar-refractivity contribution is -0.385. The number of nitro benzene ring substituents is 1. The first-order valence-corrected chi connectivity index (χ1v) is 10.7. The van der Waals surface area contributed by atoms with Gasteiger partial charge in [-0.2, -0.15) is 5.10 Å². The topological polar surface area (TPSA) is 121 Å². The number of benzene rings is 1. The molecule has 0 saturated carbocycles. The quantitative estimate of drug-likeness (QED) is 0.412. The first-order chi connectivity index (χ1) is 16.0. The summed E-state index contributed by atoms with van der Waals surface area (Å²) in [5.74, 6) is -0.123. The van der Waals surface area contributed by atoms with Crippen molar-refractivity contribution in [2.75, 3.05) is 20.8 Å². The Bertz CT molecular complexity index is 1180. The Morgan fingerprint density at radius 1 is 1.15 bits per heavy atom. The fourth-order valence-corrected chi connectivity index (χ4v) is 4.17. The van der Waals surface area contributed by atoms with Gasteiger partial charge in [0.15, 0.2) is 11.5 Å². The van der Waals surface area contributed by atoms with Crippen LogP contribution in [0.3, 0.4) is 0 Å². The molecule has 0 aliphatic heterocycles. The maximum Gasteiger partial charge on any atom is 0.286 e. The van der Waals surface area contributed by atoms with E-state index >= 15 is 0 Å². The van der Waals surface area contributed by atoms with Crippen molar-refractivity contribution >= 4 is 11.6 Å². The molecule has 1 N–H and O–H groups in total. The predicted molar refractivity (Wildman–Crippen MR) is 121 cm³/mol. The zero-order chi connectivity index (χ0) is 23.4. The number of hydrogen-bond donors (Lipinski definition) is 1. The summed E-state index contributed by atoms with van der Waals surface area (Å²) in [6.45, 7) is 0.731. The first kappa shape index (κ1) is 22.3. The number of rotatable bonds is 8. The highest BCUT2D eigenvalue weighted by molar-refractivity contribution is 5.99. The van der Waals surface area contributed by atoms with Gasteiger partial charge in [-0.3, -0.25) is 24.6 Å². The number of carbonyl (C=O) groups excluding carboxylic acids is 1. The van der Waals surface area contributed by atoms with Gasteiger partial charge < -0.3 is 14.8 Å². The molecule has 0 unspecified atom stereocenters. The van der Waals surface area contributed by atoms with Gasteiger partial charge in [0.25, 0.3) is 11.6 Å². The number of fused-ring (bicyclic) bond motifs is 1. The first-order valence-electron chi connectivity index (χ1n) is 10.7. The third-order valence-corrected chi connectivity index (χ3v) is 5.76. The number of ether oxygens (including phenoxy) is 2. The number of nitro groups is 1. The summed E-state index contributed by atoms with van der Waals surface area (Å²) in [6, 6.07) is 6.40. The number of hydrogen-bond acceptors (Lipinski definition) is 7. The highest BCUT2D eigenvalue weighted by atomic mass is 16.6. The molecule has 0 bridgehead atoms. The summed E-state index contributed by atoms with van der Waals surface area (Å²) in [7, 11) is 2.79. The molecule has 2 aromatic heterocycles. The highest BCUT2D eigenvalue weighted by Gasteiger charge is 2.25. The normalized spacial score (nSPS) is 12.7. The number of amides is 1. The van der Waals surface area contributed by atoms with E-state index < -0.39 is 10.8 Å². The van der Waals surface area contributed by atoms with Crippen LogP contribution in [0.5, 0.6) is 11.5 Å². The Kier molecular flexibility index (Phi) is 6.53. The molecule has 0 radical (unpaired) electrons. The second-order valence-electron chi connectivity index (χ2n) is 7.68. The number of methoxy groups -OCH3 is 2. The van der Waals surface area contributed by atoms with Gasteiger partial charge in [-0.25, -0.2) is 0 Å². The molecule has 2 heterocycles. The largest absolute Gasteiger partial charge is 0.493 e. The van der Waals surface area contributed by atoms with E-state index in [1.165, 1.54) is 37.6 Å². The van der Waals surface area contributed by atoms with Crippen molar-refractivity contribution in [1.82, 2.24) is 20.1 Å². The molecule has 1 amide bonds. The minimum absolute atomic E-state index is 0.0855. The molecule has 3 aromatic rings. The summed E-state index contributed by atoms with van der Waals surface area (Å²) >= 11 is 0. The van der Waals surface area contributed by atoms with Gasteiger partial charge >= 0.3 is 0 Å². The van der Waals surface area contributed by atoms with Gasteiger partial charge in [0.2, 0.25) is 0 Å². The third-order valence-electron chi connectivity index (χ3n) is 5.76. The van der Waals surface area contributed by atoms with Crippen LogP contribution < -0.4 is 14.8 Å². The van der Waals surface area contributed by atoms with Gasteiger partial charge in [-0.15, -0.1) is 0 Å². The van der Waals surface area contributed by atoms with Gasteiger partial charge in [0.05, 0.1) is 37.4 Å². The standard InChI is InChI=1S/C23H25N5O5/c1-32-20-13-17(19(28(30)31)14-21(20)33-2)23(29)25-11-12-27-18-6-4-3-5-16(18)22(26-27)15-7-9-24-10-8-15/h7-10,13-14H,3-6,11-12H2,1-2H3,(H,25,29). The van der Waals surface area contributed by atoms with Crippen molar-refractivity contribution in [3.05, 3.63) is 63.6 Å². The Morgan fingerprint density at radius 3 is 2.55 bits per heavy atom. The lowest BCUT2D eigenvalue weighted by Gasteiger charge is -2.15. The van der Waals surface area contributed by atoms with Crippen molar-refractivity contribution in [3.8, 4) is 22.8 Å². The molecule has 172 valence electrons. The summed E-state index contributed by atoms with van der Waals surface area (Å²) in [4.78, 5) is 27.8. The molecule has 0 atom stereocenters. The van der Waals surface area contributed by atoms with Crippen LogP contribution >= 0.6 is 0 Å². The summed E-state index contributed by atoms with van der Waals surface area (Å²) in [5.41, 5.74) is 3.97. The predicted octanol–water partition coefficient (Wildman–Crippen LogP) is 3.18. The molecule has 1 aliphatic carbocycles. The average Bonchev–Trinajstić information content (AvgIpc) is 3.22. The minimum atomic E-state index is -0.609. The van der Waals surface area contributed by atoms with Crippen LogP contribution in [0.1, 0.15) is 34.5 Å². The maximum absolute atomic E-state index is 12.8. The van der Waals surface area contributed by atoms with Gasteiger partial charge in [-0.1, -0.05) is 0 Å². The van der Waals surface area contributed by atoms with E-state index in [2.05, 4.69) is 10.3 Å². The van der Waals surface area contributed by atoms with E-state index in [0.29, 0.717) is 6.54 Å². The van der Waals surface area contributed by atoms with Crippen molar-refractivity contribution in [2.24, 2.45) is 0 Å². The fraction of sp³-hybridized carbons (Fsp3) is 0.348. The van der Waals surface area contributed by atoms with E-state index in [0.717, 1.165) is 36.9 Å². The van der Waals surface area contributed by atoms with Crippen LogP contribution in [-0.2, 0) is 19.4 Å². The Morgan fingerprint density at radius 2 is 1.85 bits per heavy atom. The van der Waals surface area contributed by atoms with Crippen LogP contribution in [0.4, 0.5) is 5.69 Å². The smallest absolute Gasteiger partial charge is 0.286 e. The molecule has 0 spiro atoms. The maximum atomic E-state index is 12.8. The molecule has 4 rings (SSSR count). The summed E-state index contributed by atoms with van der Waals surface area (Å²) in [6.07, 6.45) is 7.62. The van der Waals surface area contributed by atoms with E-state index in [4.69, 9.17) is 14.6 Å². The Balaban J connectivity index is 1.53. The molecule has 33 heavy (non-hydrogen) atoms. The lowest BCUT2D eigenvalue weighted by atomic mass is 9.94. The van der Waals surface area contributed by atoms with E-state index in [9.17, 15) is 14.9 Å². The zero-order valence-electron chi connectivity index (χ0n) is 18.5. The van der Waals surface area contributed by atoms with Gasteiger partial charge in [0.1, 0.15) is 5.56 Å². The van der Waals surface area contributed by atoms with Crippen molar-refractivity contribution in [1.29, 1.82) is 0 Å². The molecule has 1 aliphatic rings. The van der Waals surface area contributed by atoms with Gasteiger partial charge in [0, 0.05) is 41.8 Å². The molecule has 10 nitrogen and oxygen atoms in total. The number of pyridine rings is 1. The Hall–Kier alpha value is -3.95. The summed E-state index contributed by atoms with van der Waals surface area (Å²) in [5, 5.41) is 19.1. The van der Waals surface area contributed by atoms with Gasteiger partial charge in [-0.05, 0) is 37.8 Å². The molecule has 10 heteroatoms. The highest BCUT2D eigenvalue weighted by Crippen LogP contribution is 2.34. The summed E-state index contributed by atoms with van der Waals surface area (Å²) < 4.78 is 12.3. The zero-order valence-corrected chi connectivity index (χ0v) is 18.5. The van der Waals surface area contributed by atoms with Crippen LogP contribution in [0.15, 0.2) is 36.7 Å². The number of carbonyl (C=O) groups is 1. The van der Waals surface area contributed by atoms with Crippen molar-refractivity contribution in [2.45, 2.75) is 32.2 Å². The van der Waals surface area contributed by atoms with Crippen molar-refractivity contribution < 1.29 is 19.2 Å². The van der Waals surface area contributed by atoms with Crippen LogP contribution in [0, 0.1) is 10.1 Å². The minimum Gasteiger partial charge on any atom is -0.493 e. The Labute approximate surface area is 190 Å². The molecular weight excluding hydrogens is 426 g/mol. The van der Waals surface area contributed by atoms with E-state index in [1.54, 1.807) is 12.4 Å². The lowest BCUT2D eigenvalue weighted by Crippen LogP contribution is -2.28. The second-order valence-corrected chi connectivity index (χ2v) is 7.68. The van der Waals surface area contributed by atoms with Crippen LogP contribution in [-0.4, -0.2) is 46.4 Å². The number of aromatic nitrogens is 3. The average molecular weight is 451 g/mol. The van der Waals surface area contributed by atoms with Crippen LogP contribution in [0.2, 0.25) is 0 Å². The number of nitrogens with one attached hydrogen (secondary N) is 1. The van der Waals surface area contributed by atoms with E-state index in [1.807, 2.05) is 16.8 Å². The number of nitrogens with zero attached hydrogens (tertiary/aromatic N) is 4. The van der Waals surface area contributed by atoms with Crippen molar-refractivity contribution in [3.63, 3.8) is 0 Å². The molecule has 0 fully saturated rings. The van der Waals surface area contributed by atoms with E-state index in [-0.39, 0.29) is 29.3 Å². The molecular formula is C23H25N5O5. The fourth-order valence-electron chi connectivity index (χ4n) is 4.17. The SMILES string of the molecule is COc1cc(C(=O)NCCn2nc(-c3ccncc3)c3c2CCCC3)c([N+](=O)[O-])cc1OC. The van der Waals surface area contributed by atoms with Crippen LogP contribution in [0.25, 0.3) is 11.3 Å². The third kappa shape index (κ3) is 4.50.